The summed E-state index contributed by atoms with van der Waals surface area (Å²) in [5, 5.41) is 0. The van der Waals surface area contributed by atoms with Crippen LogP contribution in [0.2, 0.25) is 0 Å². The van der Waals surface area contributed by atoms with Gasteiger partial charge in [-0.1, -0.05) is 22.0 Å². The lowest BCUT2D eigenvalue weighted by atomic mass is 10.1. The highest BCUT2D eigenvalue weighted by atomic mass is 79.9. The second-order valence-electron chi connectivity index (χ2n) is 3.99. The van der Waals surface area contributed by atoms with Crippen molar-refractivity contribution >= 4 is 15.9 Å². The Bertz CT molecular complexity index is 605. The van der Waals surface area contributed by atoms with Gasteiger partial charge in [0.2, 0.25) is 11.7 Å². The molecular formula is C13H11BrF2N2O. The van der Waals surface area contributed by atoms with E-state index >= 15 is 0 Å². The number of benzene rings is 1. The zero-order chi connectivity index (χ0) is 14.0. The monoisotopic (exact) mass is 328 g/mol. The summed E-state index contributed by atoms with van der Waals surface area (Å²) in [6.07, 6.45) is 1.49. The van der Waals surface area contributed by atoms with E-state index in [4.69, 9.17) is 10.5 Å². The van der Waals surface area contributed by atoms with E-state index in [1.54, 1.807) is 19.1 Å². The van der Waals surface area contributed by atoms with Gasteiger partial charge in [0, 0.05) is 22.3 Å². The molecule has 0 fully saturated rings. The van der Waals surface area contributed by atoms with Crippen LogP contribution in [0.25, 0.3) is 0 Å². The molecule has 0 bridgehead atoms. The minimum absolute atomic E-state index is 0.161. The third-order valence-corrected chi connectivity index (χ3v) is 2.92. The Morgan fingerprint density at radius 2 is 2.11 bits per heavy atom. The number of nitrogens with two attached hydrogens (primary N) is 1. The molecule has 3 nitrogen and oxygen atoms in total. The van der Waals surface area contributed by atoms with Crippen LogP contribution < -0.4 is 10.5 Å². The largest absolute Gasteiger partial charge is 0.435 e. The molecule has 0 aliphatic heterocycles. The number of hydrogen-bond acceptors (Lipinski definition) is 3. The van der Waals surface area contributed by atoms with Crippen LogP contribution in [0, 0.1) is 11.6 Å². The van der Waals surface area contributed by atoms with Crippen molar-refractivity contribution in [2.24, 2.45) is 5.73 Å². The highest BCUT2D eigenvalue weighted by molar-refractivity contribution is 9.10. The summed E-state index contributed by atoms with van der Waals surface area (Å²) in [5.41, 5.74) is 6.38. The van der Waals surface area contributed by atoms with Gasteiger partial charge < -0.3 is 10.5 Å². The Kier molecular flexibility index (Phi) is 4.11. The van der Waals surface area contributed by atoms with Crippen molar-refractivity contribution in [3.8, 4) is 11.6 Å². The summed E-state index contributed by atoms with van der Waals surface area (Å²) < 4.78 is 32.6. The maximum atomic E-state index is 13.6. The normalized spacial score (nSPS) is 12.3. The SMILES string of the molecule is C[C@H](N)c1cccnc1Oc1cc(Br)cc(F)c1F. The second kappa shape index (κ2) is 5.63. The maximum absolute atomic E-state index is 13.6. The van der Waals surface area contributed by atoms with Crippen molar-refractivity contribution < 1.29 is 13.5 Å². The molecule has 100 valence electrons. The van der Waals surface area contributed by atoms with Crippen LogP contribution in [0.4, 0.5) is 8.78 Å². The molecule has 2 N–H and O–H groups in total. The van der Waals surface area contributed by atoms with E-state index in [1.807, 2.05) is 0 Å². The third-order valence-electron chi connectivity index (χ3n) is 2.46. The van der Waals surface area contributed by atoms with Gasteiger partial charge in [-0.25, -0.2) is 9.37 Å². The average Bonchev–Trinajstić information content (AvgIpc) is 2.35. The fraction of sp³-hybridized carbons (Fsp3) is 0.154. The number of aromatic nitrogens is 1. The Balaban J connectivity index is 2.42. The summed E-state index contributed by atoms with van der Waals surface area (Å²) in [7, 11) is 0. The first-order valence-electron chi connectivity index (χ1n) is 5.52. The first kappa shape index (κ1) is 13.9. The van der Waals surface area contributed by atoms with E-state index in [9.17, 15) is 8.78 Å². The summed E-state index contributed by atoms with van der Waals surface area (Å²) in [6, 6.07) is 5.44. The lowest BCUT2D eigenvalue weighted by Crippen LogP contribution is -2.08. The van der Waals surface area contributed by atoms with Crippen molar-refractivity contribution in [1.29, 1.82) is 0 Å². The molecule has 0 saturated carbocycles. The van der Waals surface area contributed by atoms with E-state index in [0.29, 0.717) is 10.0 Å². The molecule has 1 heterocycles. The molecule has 1 atom stereocenters. The van der Waals surface area contributed by atoms with Crippen LogP contribution in [-0.4, -0.2) is 4.98 Å². The van der Waals surface area contributed by atoms with Crippen molar-refractivity contribution in [1.82, 2.24) is 4.98 Å². The van der Waals surface area contributed by atoms with Gasteiger partial charge in [-0.05, 0) is 25.1 Å². The molecule has 1 aromatic carbocycles. The van der Waals surface area contributed by atoms with Crippen LogP contribution >= 0.6 is 15.9 Å². The fourth-order valence-electron chi connectivity index (χ4n) is 1.55. The molecule has 0 aliphatic carbocycles. The molecule has 0 unspecified atom stereocenters. The molecule has 1 aromatic heterocycles. The van der Waals surface area contributed by atoms with Gasteiger partial charge in [0.25, 0.3) is 0 Å². The van der Waals surface area contributed by atoms with Crippen molar-refractivity contribution in [2.75, 3.05) is 0 Å². The average molecular weight is 329 g/mol. The Labute approximate surface area is 117 Å². The summed E-state index contributed by atoms with van der Waals surface area (Å²) in [4.78, 5) is 3.99. The van der Waals surface area contributed by atoms with Crippen LogP contribution in [0.3, 0.4) is 0 Å². The van der Waals surface area contributed by atoms with Gasteiger partial charge in [-0.3, -0.25) is 0 Å². The summed E-state index contributed by atoms with van der Waals surface area (Å²) in [6.45, 7) is 1.75. The molecule has 2 rings (SSSR count). The second-order valence-corrected chi connectivity index (χ2v) is 4.90. The van der Waals surface area contributed by atoms with E-state index in [0.717, 1.165) is 6.07 Å². The van der Waals surface area contributed by atoms with Gasteiger partial charge in [-0.2, -0.15) is 4.39 Å². The number of ether oxygens (including phenoxy) is 1. The molecule has 6 heteroatoms. The van der Waals surface area contributed by atoms with E-state index in [1.165, 1.54) is 12.3 Å². The van der Waals surface area contributed by atoms with Gasteiger partial charge in [0.05, 0.1) is 0 Å². The quantitative estimate of drug-likeness (QED) is 0.868. The predicted molar refractivity (Wildman–Crippen MR) is 71.0 cm³/mol. The maximum Gasteiger partial charge on any atom is 0.224 e. The van der Waals surface area contributed by atoms with E-state index in [-0.39, 0.29) is 17.7 Å². The van der Waals surface area contributed by atoms with Crippen LogP contribution in [-0.2, 0) is 0 Å². The Morgan fingerprint density at radius 3 is 2.79 bits per heavy atom. The number of pyridine rings is 1. The van der Waals surface area contributed by atoms with E-state index in [2.05, 4.69) is 20.9 Å². The Morgan fingerprint density at radius 1 is 1.37 bits per heavy atom. The Hall–Kier alpha value is -1.53. The molecule has 19 heavy (non-hydrogen) atoms. The fourth-order valence-corrected chi connectivity index (χ4v) is 1.95. The highest BCUT2D eigenvalue weighted by Crippen LogP contribution is 2.31. The number of halogens is 3. The zero-order valence-corrected chi connectivity index (χ0v) is 11.6. The molecule has 0 radical (unpaired) electrons. The first-order chi connectivity index (χ1) is 8.99. The van der Waals surface area contributed by atoms with Gasteiger partial charge in [0.1, 0.15) is 0 Å². The minimum Gasteiger partial charge on any atom is -0.435 e. The summed E-state index contributed by atoms with van der Waals surface area (Å²) >= 11 is 3.08. The van der Waals surface area contributed by atoms with Gasteiger partial charge in [0.15, 0.2) is 11.6 Å². The molecule has 0 saturated heterocycles. The lowest BCUT2D eigenvalue weighted by Gasteiger charge is -2.13. The number of hydrogen-bond donors (Lipinski definition) is 1. The highest BCUT2D eigenvalue weighted by Gasteiger charge is 2.15. The predicted octanol–water partition coefficient (Wildman–Crippen LogP) is 3.93. The van der Waals surface area contributed by atoms with Gasteiger partial charge >= 0.3 is 0 Å². The minimum atomic E-state index is -1.07. The molecule has 0 spiro atoms. The topological polar surface area (TPSA) is 48.1 Å². The summed E-state index contributed by atoms with van der Waals surface area (Å²) in [5.74, 6) is -2.14. The molecular weight excluding hydrogens is 318 g/mol. The number of nitrogens with zero attached hydrogens (tertiary/aromatic N) is 1. The van der Waals surface area contributed by atoms with Crippen LogP contribution in [0.5, 0.6) is 11.6 Å². The number of rotatable bonds is 3. The zero-order valence-electron chi connectivity index (χ0n) is 10.0. The van der Waals surface area contributed by atoms with E-state index < -0.39 is 11.6 Å². The van der Waals surface area contributed by atoms with Crippen LogP contribution in [0.1, 0.15) is 18.5 Å². The standard InChI is InChI=1S/C13H11BrF2N2O/c1-7(17)9-3-2-4-18-13(9)19-11-6-8(14)5-10(15)12(11)16/h2-7H,17H2,1H3/t7-/m0/s1. The molecule has 0 amide bonds. The molecule has 2 aromatic rings. The lowest BCUT2D eigenvalue weighted by molar-refractivity contribution is 0.399. The third kappa shape index (κ3) is 3.08. The molecule has 0 aliphatic rings. The van der Waals surface area contributed by atoms with Crippen molar-refractivity contribution in [3.63, 3.8) is 0 Å². The van der Waals surface area contributed by atoms with Crippen molar-refractivity contribution in [2.45, 2.75) is 13.0 Å². The van der Waals surface area contributed by atoms with Gasteiger partial charge in [-0.15, -0.1) is 0 Å². The smallest absolute Gasteiger partial charge is 0.224 e. The van der Waals surface area contributed by atoms with Crippen molar-refractivity contribution in [3.05, 3.63) is 52.1 Å². The first-order valence-corrected chi connectivity index (χ1v) is 6.31. The van der Waals surface area contributed by atoms with Crippen LogP contribution in [0.15, 0.2) is 34.9 Å².